The molecule has 17 heavy (non-hydrogen) atoms. The number of allylic oxidation sites excluding steroid dienone is 6. The second kappa shape index (κ2) is 8.85. The van der Waals surface area contributed by atoms with Crippen LogP contribution in [0.3, 0.4) is 0 Å². The van der Waals surface area contributed by atoms with Crippen molar-refractivity contribution in [3.05, 3.63) is 48.6 Å². The lowest BCUT2D eigenvalue weighted by atomic mass is 9.96. The molecule has 0 fully saturated rings. The Hall–Kier alpha value is -1.25. The molecule has 0 nitrogen and oxygen atoms in total. The third kappa shape index (κ3) is 6.82. The van der Waals surface area contributed by atoms with Gasteiger partial charge in [0.15, 0.2) is 0 Å². The van der Waals surface area contributed by atoms with Gasteiger partial charge in [0.2, 0.25) is 0 Å². The maximum atomic E-state index is 12.6. The quantitative estimate of drug-likeness (QED) is 0.578. The molecule has 0 atom stereocenters. The van der Waals surface area contributed by atoms with Crippen molar-refractivity contribution in [2.45, 2.75) is 33.9 Å². The maximum Gasteiger partial charge on any atom is 0.416 e. The molecule has 0 saturated carbocycles. The minimum Gasteiger partial charge on any atom is -0.166 e. The van der Waals surface area contributed by atoms with Gasteiger partial charge in [-0.2, -0.15) is 13.2 Å². The van der Waals surface area contributed by atoms with E-state index in [0.29, 0.717) is 0 Å². The summed E-state index contributed by atoms with van der Waals surface area (Å²) in [5, 5.41) is 0. The van der Waals surface area contributed by atoms with Crippen LogP contribution < -0.4 is 0 Å². The second-order valence-corrected chi connectivity index (χ2v) is 3.32. The zero-order valence-corrected chi connectivity index (χ0v) is 10.9. The van der Waals surface area contributed by atoms with Gasteiger partial charge in [-0.3, -0.25) is 0 Å². The minimum atomic E-state index is -4.35. The standard InChI is InChI=1S/C12H15F3.C2H6/c1-5-7-8-10(9(3)4)11(6-2)12(13,14)15;1-2/h5-9H,1-2H2,3-4H3;1-2H3/b8-7-,11-10-;. The van der Waals surface area contributed by atoms with Gasteiger partial charge in [0.1, 0.15) is 0 Å². The number of alkyl halides is 3. The summed E-state index contributed by atoms with van der Waals surface area (Å²) in [7, 11) is 0. The Morgan fingerprint density at radius 3 is 1.82 bits per heavy atom. The van der Waals surface area contributed by atoms with E-state index < -0.39 is 11.7 Å². The normalized spacial score (nSPS) is 12.9. The summed E-state index contributed by atoms with van der Waals surface area (Å²) in [4.78, 5) is 0. The number of hydrogen-bond donors (Lipinski definition) is 0. The summed E-state index contributed by atoms with van der Waals surface area (Å²) in [5.41, 5.74) is -0.465. The fourth-order valence-corrected chi connectivity index (χ4v) is 1.16. The molecule has 98 valence electrons. The first-order chi connectivity index (χ1) is 7.84. The first kappa shape index (κ1) is 18.1. The van der Waals surface area contributed by atoms with Gasteiger partial charge in [0.05, 0.1) is 5.57 Å². The second-order valence-electron chi connectivity index (χ2n) is 3.32. The van der Waals surface area contributed by atoms with E-state index in [-0.39, 0.29) is 11.5 Å². The molecule has 3 heteroatoms. The topological polar surface area (TPSA) is 0 Å². The Balaban J connectivity index is 0. The van der Waals surface area contributed by atoms with E-state index in [1.54, 1.807) is 13.8 Å². The average molecular weight is 246 g/mol. The molecular weight excluding hydrogens is 225 g/mol. The lowest BCUT2D eigenvalue weighted by molar-refractivity contribution is -0.0891. The monoisotopic (exact) mass is 246 g/mol. The molecule has 0 amide bonds. The third-order valence-electron chi connectivity index (χ3n) is 1.85. The highest BCUT2D eigenvalue weighted by atomic mass is 19.4. The third-order valence-corrected chi connectivity index (χ3v) is 1.85. The number of halogens is 3. The van der Waals surface area contributed by atoms with Crippen LogP contribution in [-0.4, -0.2) is 6.18 Å². The first-order valence-electron chi connectivity index (χ1n) is 5.57. The van der Waals surface area contributed by atoms with E-state index in [4.69, 9.17) is 0 Å². The van der Waals surface area contributed by atoms with Crippen LogP contribution in [0, 0.1) is 5.92 Å². The molecule has 0 aromatic heterocycles. The highest BCUT2D eigenvalue weighted by molar-refractivity contribution is 5.37. The van der Waals surface area contributed by atoms with E-state index in [1.165, 1.54) is 18.2 Å². The van der Waals surface area contributed by atoms with Crippen LogP contribution in [0.4, 0.5) is 13.2 Å². The van der Waals surface area contributed by atoms with Crippen molar-refractivity contribution in [2.24, 2.45) is 5.92 Å². The molecule has 0 saturated heterocycles. The zero-order valence-electron chi connectivity index (χ0n) is 10.9. The van der Waals surface area contributed by atoms with E-state index >= 15 is 0 Å². The van der Waals surface area contributed by atoms with Crippen molar-refractivity contribution in [1.82, 2.24) is 0 Å². The largest absolute Gasteiger partial charge is 0.416 e. The van der Waals surface area contributed by atoms with Gasteiger partial charge in [-0.25, -0.2) is 0 Å². The smallest absolute Gasteiger partial charge is 0.166 e. The molecule has 0 heterocycles. The van der Waals surface area contributed by atoms with Crippen LogP contribution in [0.25, 0.3) is 0 Å². The summed E-state index contributed by atoms with van der Waals surface area (Å²) in [6.45, 7) is 14.0. The lowest BCUT2D eigenvalue weighted by Gasteiger charge is -2.15. The predicted molar refractivity (Wildman–Crippen MR) is 68.8 cm³/mol. The van der Waals surface area contributed by atoms with E-state index in [2.05, 4.69) is 13.2 Å². The Morgan fingerprint density at radius 1 is 1.12 bits per heavy atom. The van der Waals surface area contributed by atoms with Gasteiger partial charge in [-0.05, 0) is 11.5 Å². The molecular formula is C14H21F3. The lowest BCUT2D eigenvalue weighted by Crippen LogP contribution is -2.14. The van der Waals surface area contributed by atoms with Crippen molar-refractivity contribution >= 4 is 0 Å². The van der Waals surface area contributed by atoms with Gasteiger partial charge >= 0.3 is 6.18 Å². The van der Waals surface area contributed by atoms with Crippen LogP contribution in [0.5, 0.6) is 0 Å². The fourth-order valence-electron chi connectivity index (χ4n) is 1.16. The summed E-state index contributed by atoms with van der Waals surface area (Å²) < 4.78 is 37.7. The van der Waals surface area contributed by atoms with Crippen LogP contribution >= 0.6 is 0 Å². The SMILES string of the molecule is C=C/C=C\C(=C(/C=C)C(F)(F)F)C(C)C.CC. The van der Waals surface area contributed by atoms with E-state index in [9.17, 15) is 13.2 Å². The summed E-state index contributed by atoms with van der Waals surface area (Å²) in [6, 6.07) is 0. The van der Waals surface area contributed by atoms with Crippen molar-refractivity contribution < 1.29 is 13.2 Å². The molecule has 0 spiro atoms. The Labute approximate surface area is 102 Å². The fraction of sp³-hybridized carbons (Fsp3) is 0.429. The summed E-state index contributed by atoms with van der Waals surface area (Å²) in [6.07, 6.45) is 0.849. The molecule has 0 aromatic rings. The van der Waals surface area contributed by atoms with Crippen LogP contribution in [0.15, 0.2) is 48.6 Å². The molecule has 0 aliphatic rings. The molecule has 0 aliphatic heterocycles. The molecule has 0 radical (unpaired) electrons. The van der Waals surface area contributed by atoms with E-state index in [0.717, 1.165) is 6.08 Å². The maximum absolute atomic E-state index is 12.6. The Kier molecular flexibility index (Phi) is 9.44. The molecule has 0 aliphatic carbocycles. The Morgan fingerprint density at radius 2 is 1.59 bits per heavy atom. The molecule has 0 aromatic carbocycles. The molecule has 0 unspecified atom stereocenters. The molecule has 0 N–H and O–H groups in total. The Bertz CT molecular complexity index is 291. The summed E-state index contributed by atoms with van der Waals surface area (Å²) >= 11 is 0. The van der Waals surface area contributed by atoms with Gasteiger partial charge in [-0.15, -0.1) is 0 Å². The average Bonchev–Trinajstić information content (AvgIpc) is 2.24. The highest BCUT2D eigenvalue weighted by Crippen LogP contribution is 2.32. The van der Waals surface area contributed by atoms with Gasteiger partial charge in [0.25, 0.3) is 0 Å². The van der Waals surface area contributed by atoms with Crippen molar-refractivity contribution in [2.75, 3.05) is 0 Å². The molecule has 0 rings (SSSR count). The van der Waals surface area contributed by atoms with Crippen LogP contribution in [0.2, 0.25) is 0 Å². The van der Waals surface area contributed by atoms with Gasteiger partial charge in [0, 0.05) is 0 Å². The highest BCUT2D eigenvalue weighted by Gasteiger charge is 2.33. The van der Waals surface area contributed by atoms with Crippen molar-refractivity contribution in [1.29, 1.82) is 0 Å². The van der Waals surface area contributed by atoms with Crippen molar-refractivity contribution in [3.63, 3.8) is 0 Å². The minimum absolute atomic E-state index is 0.212. The van der Waals surface area contributed by atoms with Gasteiger partial charge < -0.3 is 0 Å². The predicted octanol–water partition coefficient (Wildman–Crippen LogP) is 5.46. The number of hydrogen-bond acceptors (Lipinski definition) is 0. The van der Waals surface area contributed by atoms with Gasteiger partial charge in [-0.1, -0.05) is 65.2 Å². The summed E-state index contributed by atoms with van der Waals surface area (Å²) in [5.74, 6) is -0.212. The van der Waals surface area contributed by atoms with E-state index in [1.807, 2.05) is 13.8 Å². The van der Waals surface area contributed by atoms with Crippen LogP contribution in [0.1, 0.15) is 27.7 Å². The number of rotatable bonds is 4. The van der Waals surface area contributed by atoms with Crippen LogP contribution in [-0.2, 0) is 0 Å². The zero-order chi connectivity index (χ0) is 14.1. The molecule has 0 bridgehead atoms. The first-order valence-corrected chi connectivity index (χ1v) is 5.57. The van der Waals surface area contributed by atoms with Crippen molar-refractivity contribution in [3.8, 4) is 0 Å².